The number of hydrogen-bond acceptors (Lipinski definition) is 3. The van der Waals surface area contributed by atoms with E-state index in [9.17, 15) is 9.59 Å². The number of fused-ring (bicyclic) bond motifs is 2. The predicted molar refractivity (Wildman–Crippen MR) is 141 cm³/mol. The molecule has 2 aliphatic carbocycles. The molecule has 0 N–H and O–H groups in total. The van der Waals surface area contributed by atoms with Gasteiger partial charge in [-0.15, -0.1) is 0 Å². The number of halogens is 1. The van der Waals surface area contributed by atoms with Crippen LogP contribution in [-0.2, 0) is 20.7 Å². The van der Waals surface area contributed by atoms with E-state index in [1.165, 1.54) is 6.42 Å². The first-order valence-corrected chi connectivity index (χ1v) is 13.1. The Morgan fingerprint density at radius 1 is 0.944 bits per heavy atom. The van der Waals surface area contributed by atoms with E-state index in [1.54, 1.807) is 11.9 Å². The van der Waals surface area contributed by atoms with Gasteiger partial charge in [0, 0.05) is 12.1 Å². The highest BCUT2D eigenvalue weighted by Crippen LogP contribution is 2.58. The molecule has 0 aliphatic heterocycles. The fourth-order valence-corrected chi connectivity index (χ4v) is 6.50. The number of likely N-dealkylation sites (N-methyl/N-ethyl adjacent to an activating group) is 1. The zero-order valence-corrected chi connectivity index (χ0v) is 21.4. The number of hydrogen-bond donors (Lipinski definition) is 0. The topological polar surface area (TPSA) is 46.6 Å². The molecule has 5 heteroatoms. The maximum atomic E-state index is 13.6. The zero-order valence-electron chi connectivity index (χ0n) is 20.6. The summed E-state index contributed by atoms with van der Waals surface area (Å²) in [7, 11) is 1.78. The number of ether oxygens (including phenoxy) is 1. The highest BCUT2D eigenvalue weighted by atomic mass is 35.5. The number of rotatable bonds is 8. The van der Waals surface area contributed by atoms with Gasteiger partial charge in [-0.05, 0) is 66.3 Å². The lowest BCUT2D eigenvalue weighted by Gasteiger charge is -2.36. The molecule has 0 radical (unpaired) electrons. The maximum absolute atomic E-state index is 13.6. The second-order valence-electron chi connectivity index (χ2n) is 10.3. The average Bonchev–Trinajstić information content (AvgIpc) is 3.52. The van der Waals surface area contributed by atoms with E-state index in [1.807, 2.05) is 84.9 Å². The van der Waals surface area contributed by atoms with Gasteiger partial charge in [-0.25, -0.2) is 0 Å². The van der Waals surface area contributed by atoms with Crippen LogP contribution in [0, 0.1) is 17.3 Å². The van der Waals surface area contributed by atoms with Crippen LogP contribution in [0.1, 0.15) is 48.4 Å². The van der Waals surface area contributed by atoms with Gasteiger partial charge in [0.15, 0.2) is 6.61 Å². The first-order chi connectivity index (χ1) is 17.5. The third-order valence-electron chi connectivity index (χ3n) is 8.15. The van der Waals surface area contributed by atoms with Crippen molar-refractivity contribution in [3.8, 4) is 0 Å². The monoisotopic (exact) mass is 501 g/mol. The number of nitrogens with zero attached hydrogens (tertiary/aromatic N) is 1. The first kappa shape index (κ1) is 24.6. The highest BCUT2D eigenvalue weighted by Gasteiger charge is 2.56. The summed E-state index contributed by atoms with van der Waals surface area (Å²) in [6.45, 7) is -0.259. The van der Waals surface area contributed by atoms with Gasteiger partial charge in [0.1, 0.15) is 0 Å². The van der Waals surface area contributed by atoms with Gasteiger partial charge in [0.25, 0.3) is 5.91 Å². The molecular weight excluding hydrogens is 470 g/mol. The zero-order chi connectivity index (χ0) is 25.1. The number of carbonyl (C=O) groups is 2. The van der Waals surface area contributed by atoms with Crippen LogP contribution in [0.15, 0.2) is 84.9 Å². The molecule has 3 unspecified atom stereocenters. The van der Waals surface area contributed by atoms with Gasteiger partial charge in [-0.1, -0.05) is 90.8 Å². The van der Waals surface area contributed by atoms with Crippen molar-refractivity contribution in [2.45, 2.75) is 38.1 Å². The molecule has 0 saturated heterocycles. The Balaban J connectivity index is 1.32. The van der Waals surface area contributed by atoms with E-state index in [2.05, 4.69) is 0 Å². The minimum absolute atomic E-state index is 0.217. The molecule has 2 aliphatic rings. The molecule has 0 aromatic heterocycles. The van der Waals surface area contributed by atoms with Crippen molar-refractivity contribution in [2.75, 3.05) is 13.7 Å². The van der Waals surface area contributed by atoms with E-state index in [4.69, 9.17) is 16.3 Å². The van der Waals surface area contributed by atoms with Crippen molar-refractivity contribution in [2.24, 2.45) is 17.3 Å². The largest absolute Gasteiger partial charge is 0.455 e. The van der Waals surface area contributed by atoms with E-state index in [-0.39, 0.29) is 24.5 Å². The van der Waals surface area contributed by atoms with Crippen molar-refractivity contribution in [3.05, 3.63) is 107 Å². The fourth-order valence-electron chi connectivity index (χ4n) is 6.38. The Bertz CT molecular complexity index is 1160. The second kappa shape index (κ2) is 10.5. The van der Waals surface area contributed by atoms with Crippen molar-refractivity contribution in [1.82, 2.24) is 4.90 Å². The summed E-state index contributed by atoms with van der Waals surface area (Å²) in [4.78, 5) is 28.7. The summed E-state index contributed by atoms with van der Waals surface area (Å²) >= 11 is 6.08. The first-order valence-electron chi connectivity index (χ1n) is 12.7. The number of amides is 1. The van der Waals surface area contributed by atoms with Crippen LogP contribution in [0.3, 0.4) is 0 Å². The third-order valence-corrected chi connectivity index (χ3v) is 8.41. The van der Waals surface area contributed by atoms with Crippen LogP contribution in [0.5, 0.6) is 0 Å². The van der Waals surface area contributed by atoms with Gasteiger partial charge in [-0.2, -0.15) is 0 Å². The Hall–Kier alpha value is -3.11. The van der Waals surface area contributed by atoms with Gasteiger partial charge in [-0.3, -0.25) is 9.59 Å². The van der Waals surface area contributed by atoms with E-state index in [0.717, 1.165) is 36.0 Å². The summed E-state index contributed by atoms with van der Waals surface area (Å²) in [5, 5.41) is 0.684. The van der Waals surface area contributed by atoms with Gasteiger partial charge in [0.2, 0.25) is 0 Å². The lowest BCUT2D eigenvalue weighted by molar-refractivity contribution is -0.164. The van der Waals surface area contributed by atoms with E-state index < -0.39 is 5.41 Å². The molecule has 36 heavy (non-hydrogen) atoms. The molecule has 2 saturated carbocycles. The lowest BCUT2D eigenvalue weighted by atomic mass is 9.69. The van der Waals surface area contributed by atoms with Crippen LogP contribution in [0.4, 0.5) is 0 Å². The van der Waals surface area contributed by atoms with Crippen LogP contribution in [0.2, 0.25) is 5.02 Å². The number of esters is 1. The molecular formula is C31H32ClNO3. The molecule has 3 aromatic carbocycles. The van der Waals surface area contributed by atoms with Crippen molar-refractivity contribution >= 4 is 23.5 Å². The quantitative estimate of drug-likeness (QED) is 0.332. The summed E-state index contributed by atoms with van der Waals surface area (Å²) in [5.41, 5.74) is 2.55. The van der Waals surface area contributed by atoms with Crippen molar-refractivity contribution in [1.29, 1.82) is 0 Å². The average molecular weight is 502 g/mol. The third kappa shape index (κ3) is 4.92. The summed E-state index contributed by atoms with van der Waals surface area (Å²) < 4.78 is 5.83. The molecule has 3 atom stereocenters. The number of benzene rings is 3. The van der Waals surface area contributed by atoms with E-state index >= 15 is 0 Å². The van der Waals surface area contributed by atoms with Crippen LogP contribution >= 0.6 is 11.6 Å². The Kier molecular flexibility index (Phi) is 7.15. The highest BCUT2D eigenvalue weighted by molar-refractivity contribution is 6.30. The second-order valence-corrected chi connectivity index (χ2v) is 10.8. The van der Waals surface area contributed by atoms with Crippen LogP contribution in [-0.4, -0.2) is 30.4 Å². The SMILES string of the molecule is CN(C(=O)COC(=O)C1(Cc2ccc(Cl)cc2)CC2CCC1C2)C(c1ccccc1)c1ccccc1. The fraction of sp³-hybridized carbons (Fsp3) is 0.355. The van der Waals surface area contributed by atoms with E-state index in [0.29, 0.717) is 23.3 Å². The standard InChI is InChI=1S/C31H32ClNO3/c1-33(29(24-8-4-2-5-9-24)25-10-6-3-7-11-25)28(34)21-36-30(35)31(20-23-12-15-26(31)18-23)19-22-13-16-27(32)17-14-22/h2-11,13-14,16-17,23,26,29H,12,15,18-21H2,1H3. The number of carbonyl (C=O) groups excluding carboxylic acids is 2. The molecule has 0 heterocycles. The summed E-state index contributed by atoms with van der Waals surface area (Å²) in [6.07, 6.45) is 4.76. The summed E-state index contributed by atoms with van der Waals surface area (Å²) in [5.74, 6) is 0.418. The van der Waals surface area contributed by atoms with Crippen LogP contribution in [0.25, 0.3) is 0 Å². The molecule has 1 amide bonds. The normalized spacial score (nSPS) is 22.5. The molecule has 2 bridgehead atoms. The molecule has 3 aromatic rings. The Morgan fingerprint density at radius 3 is 2.08 bits per heavy atom. The van der Waals surface area contributed by atoms with Crippen molar-refractivity contribution < 1.29 is 14.3 Å². The molecule has 5 rings (SSSR count). The van der Waals surface area contributed by atoms with Gasteiger partial charge >= 0.3 is 5.97 Å². The lowest BCUT2D eigenvalue weighted by Crippen LogP contribution is -2.42. The predicted octanol–water partition coefficient (Wildman–Crippen LogP) is 6.48. The summed E-state index contributed by atoms with van der Waals surface area (Å²) in [6, 6.07) is 27.3. The maximum Gasteiger partial charge on any atom is 0.313 e. The van der Waals surface area contributed by atoms with Crippen LogP contribution < -0.4 is 0 Å². The smallest absolute Gasteiger partial charge is 0.313 e. The molecule has 186 valence electrons. The minimum atomic E-state index is -0.562. The molecule has 4 nitrogen and oxygen atoms in total. The van der Waals surface area contributed by atoms with Gasteiger partial charge in [0.05, 0.1) is 11.5 Å². The Labute approximate surface area is 218 Å². The molecule has 0 spiro atoms. The molecule has 2 fully saturated rings. The van der Waals surface area contributed by atoms with Gasteiger partial charge < -0.3 is 9.64 Å². The Morgan fingerprint density at radius 2 is 1.56 bits per heavy atom. The minimum Gasteiger partial charge on any atom is -0.455 e. The van der Waals surface area contributed by atoms with Crippen molar-refractivity contribution in [3.63, 3.8) is 0 Å².